The number of rotatable bonds is 5. The van der Waals surface area contributed by atoms with Crippen molar-refractivity contribution in [3.8, 4) is 11.5 Å². The molecule has 0 spiro atoms. The standard InChI is InChI=1S/C11H16O3/c1-2-3-10(13)8-14-11-6-4-9(12)5-7-11/h4-7,10,12-13H,2-3,8H2,1H3. The van der Waals surface area contributed by atoms with Crippen molar-refractivity contribution in [2.24, 2.45) is 0 Å². The lowest BCUT2D eigenvalue weighted by molar-refractivity contribution is 0.0993. The van der Waals surface area contributed by atoms with Crippen LogP contribution in [0.25, 0.3) is 0 Å². The second-order valence-electron chi connectivity index (χ2n) is 3.25. The molecule has 2 N–H and O–H groups in total. The van der Waals surface area contributed by atoms with Crippen LogP contribution in [0.3, 0.4) is 0 Å². The van der Waals surface area contributed by atoms with Crippen LogP contribution < -0.4 is 4.74 Å². The van der Waals surface area contributed by atoms with Gasteiger partial charge in [-0.1, -0.05) is 13.3 Å². The van der Waals surface area contributed by atoms with E-state index in [9.17, 15) is 5.11 Å². The van der Waals surface area contributed by atoms with Gasteiger partial charge in [-0.15, -0.1) is 0 Å². The van der Waals surface area contributed by atoms with Gasteiger partial charge in [-0.3, -0.25) is 0 Å². The molecule has 0 saturated heterocycles. The first-order chi connectivity index (χ1) is 6.72. The van der Waals surface area contributed by atoms with E-state index in [0.717, 1.165) is 12.8 Å². The number of ether oxygens (including phenoxy) is 1. The number of benzene rings is 1. The van der Waals surface area contributed by atoms with Crippen LogP contribution in [0.15, 0.2) is 24.3 Å². The van der Waals surface area contributed by atoms with Gasteiger partial charge in [-0.2, -0.15) is 0 Å². The highest BCUT2D eigenvalue weighted by atomic mass is 16.5. The van der Waals surface area contributed by atoms with E-state index in [1.54, 1.807) is 24.3 Å². The van der Waals surface area contributed by atoms with Crippen LogP contribution in [0.4, 0.5) is 0 Å². The second kappa shape index (κ2) is 5.50. The highest BCUT2D eigenvalue weighted by Crippen LogP contribution is 2.16. The van der Waals surface area contributed by atoms with Gasteiger partial charge in [-0.25, -0.2) is 0 Å². The van der Waals surface area contributed by atoms with E-state index in [1.807, 2.05) is 6.92 Å². The molecule has 0 aliphatic carbocycles. The summed E-state index contributed by atoms with van der Waals surface area (Å²) in [5, 5.41) is 18.4. The lowest BCUT2D eigenvalue weighted by Crippen LogP contribution is -2.16. The molecule has 78 valence electrons. The summed E-state index contributed by atoms with van der Waals surface area (Å²) in [5.74, 6) is 0.879. The average molecular weight is 196 g/mol. The minimum Gasteiger partial charge on any atom is -0.508 e. The third kappa shape index (κ3) is 3.66. The Morgan fingerprint density at radius 1 is 1.29 bits per heavy atom. The zero-order chi connectivity index (χ0) is 10.4. The van der Waals surface area contributed by atoms with E-state index in [4.69, 9.17) is 9.84 Å². The number of aliphatic hydroxyl groups excluding tert-OH is 1. The third-order valence-electron chi connectivity index (χ3n) is 1.90. The fourth-order valence-corrected chi connectivity index (χ4v) is 1.15. The van der Waals surface area contributed by atoms with Gasteiger partial charge in [0.15, 0.2) is 0 Å². The topological polar surface area (TPSA) is 49.7 Å². The van der Waals surface area contributed by atoms with Gasteiger partial charge >= 0.3 is 0 Å². The summed E-state index contributed by atoms with van der Waals surface area (Å²) >= 11 is 0. The summed E-state index contributed by atoms with van der Waals surface area (Å²) in [6, 6.07) is 6.46. The highest BCUT2D eigenvalue weighted by Gasteiger charge is 2.03. The van der Waals surface area contributed by atoms with E-state index in [2.05, 4.69) is 0 Å². The predicted octanol–water partition coefficient (Wildman–Crippen LogP) is 1.93. The lowest BCUT2D eigenvalue weighted by Gasteiger charge is -2.10. The van der Waals surface area contributed by atoms with Crippen molar-refractivity contribution in [2.75, 3.05) is 6.61 Å². The van der Waals surface area contributed by atoms with Crippen LogP contribution in [0.5, 0.6) is 11.5 Å². The molecular formula is C11H16O3. The maximum atomic E-state index is 9.39. The number of aromatic hydroxyl groups is 1. The zero-order valence-electron chi connectivity index (χ0n) is 8.31. The van der Waals surface area contributed by atoms with Crippen LogP contribution >= 0.6 is 0 Å². The summed E-state index contributed by atoms with van der Waals surface area (Å²) in [4.78, 5) is 0. The molecule has 14 heavy (non-hydrogen) atoms. The molecule has 0 aliphatic heterocycles. The van der Waals surface area contributed by atoms with Crippen LogP contribution in [0.1, 0.15) is 19.8 Å². The Kier molecular flexibility index (Phi) is 4.26. The number of aliphatic hydroxyl groups is 1. The maximum absolute atomic E-state index is 9.39. The van der Waals surface area contributed by atoms with Gasteiger partial charge in [0.1, 0.15) is 18.1 Å². The molecule has 3 nitrogen and oxygen atoms in total. The first-order valence-electron chi connectivity index (χ1n) is 4.82. The van der Waals surface area contributed by atoms with Crippen molar-refractivity contribution < 1.29 is 14.9 Å². The highest BCUT2D eigenvalue weighted by molar-refractivity contribution is 5.30. The molecule has 0 saturated carbocycles. The Balaban J connectivity index is 2.34. The Hall–Kier alpha value is -1.22. The molecule has 0 bridgehead atoms. The van der Waals surface area contributed by atoms with Gasteiger partial charge < -0.3 is 14.9 Å². The molecule has 0 aromatic heterocycles. The third-order valence-corrected chi connectivity index (χ3v) is 1.90. The summed E-state index contributed by atoms with van der Waals surface area (Å²) in [6.07, 6.45) is 1.28. The largest absolute Gasteiger partial charge is 0.508 e. The molecule has 0 heterocycles. The molecule has 1 aromatic carbocycles. The van der Waals surface area contributed by atoms with Crippen molar-refractivity contribution in [3.05, 3.63) is 24.3 Å². The Labute approximate surface area is 84.0 Å². The SMILES string of the molecule is CCCC(O)COc1ccc(O)cc1. The molecule has 1 aromatic rings. The molecule has 1 atom stereocenters. The minimum absolute atomic E-state index is 0.214. The monoisotopic (exact) mass is 196 g/mol. The Morgan fingerprint density at radius 3 is 2.50 bits per heavy atom. The normalized spacial score (nSPS) is 12.4. The van der Waals surface area contributed by atoms with E-state index >= 15 is 0 Å². The van der Waals surface area contributed by atoms with Crippen molar-refractivity contribution >= 4 is 0 Å². The summed E-state index contributed by atoms with van der Waals surface area (Å²) in [7, 11) is 0. The number of phenols is 1. The van der Waals surface area contributed by atoms with Crippen LogP contribution in [-0.4, -0.2) is 22.9 Å². The van der Waals surface area contributed by atoms with Crippen LogP contribution in [0.2, 0.25) is 0 Å². The number of phenolic OH excluding ortho intramolecular Hbond substituents is 1. The van der Waals surface area contributed by atoms with E-state index in [-0.39, 0.29) is 5.75 Å². The van der Waals surface area contributed by atoms with Gasteiger partial charge in [0.25, 0.3) is 0 Å². The van der Waals surface area contributed by atoms with Gasteiger partial charge in [0.05, 0.1) is 6.10 Å². The van der Waals surface area contributed by atoms with Crippen molar-refractivity contribution in [1.82, 2.24) is 0 Å². The number of hydrogen-bond donors (Lipinski definition) is 2. The zero-order valence-corrected chi connectivity index (χ0v) is 8.31. The minimum atomic E-state index is -0.409. The number of hydrogen-bond acceptors (Lipinski definition) is 3. The van der Waals surface area contributed by atoms with E-state index in [1.165, 1.54) is 0 Å². The molecule has 1 rings (SSSR count). The summed E-state index contributed by atoms with van der Waals surface area (Å²) in [6.45, 7) is 2.32. The Bertz CT molecular complexity index is 256. The van der Waals surface area contributed by atoms with Gasteiger partial charge in [0.2, 0.25) is 0 Å². The molecule has 0 aliphatic rings. The Morgan fingerprint density at radius 2 is 1.93 bits per heavy atom. The lowest BCUT2D eigenvalue weighted by atomic mass is 10.2. The molecule has 1 unspecified atom stereocenters. The van der Waals surface area contributed by atoms with E-state index < -0.39 is 6.10 Å². The van der Waals surface area contributed by atoms with Gasteiger partial charge in [-0.05, 0) is 30.7 Å². The van der Waals surface area contributed by atoms with E-state index in [0.29, 0.717) is 12.4 Å². The first kappa shape index (κ1) is 10.9. The predicted molar refractivity (Wildman–Crippen MR) is 54.5 cm³/mol. The fraction of sp³-hybridized carbons (Fsp3) is 0.455. The molecule has 0 fully saturated rings. The fourth-order valence-electron chi connectivity index (χ4n) is 1.15. The summed E-state index contributed by atoms with van der Waals surface area (Å²) in [5.41, 5.74) is 0. The van der Waals surface area contributed by atoms with Crippen molar-refractivity contribution in [3.63, 3.8) is 0 Å². The summed E-state index contributed by atoms with van der Waals surface area (Å²) < 4.78 is 5.31. The van der Waals surface area contributed by atoms with Gasteiger partial charge in [0, 0.05) is 0 Å². The van der Waals surface area contributed by atoms with Crippen LogP contribution in [0, 0.1) is 0 Å². The van der Waals surface area contributed by atoms with Crippen molar-refractivity contribution in [1.29, 1.82) is 0 Å². The van der Waals surface area contributed by atoms with Crippen molar-refractivity contribution in [2.45, 2.75) is 25.9 Å². The average Bonchev–Trinajstić information content (AvgIpc) is 2.17. The molecule has 0 amide bonds. The molecule has 3 heteroatoms. The van der Waals surface area contributed by atoms with Crippen LogP contribution in [-0.2, 0) is 0 Å². The maximum Gasteiger partial charge on any atom is 0.119 e. The quantitative estimate of drug-likeness (QED) is 0.756. The molecular weight excluding hydrogens is 180 g/mol. The molecule has 0 radical (unpaired) electrons. The second-order valence-corrected chi connectivity index (χ2v) is 3.25. The first-order valence-corrected chi connectivity index (χ1v) is 4.82. The smallest absolute Gasteiger partial charge is 0.119 e.